The molecule has 28 heavy (non-hydrogen) atoms. The number of hydrogen-bond acceptors (Lipinski definition) is 6. The molecule has 0 unspecified atom stereocenters. The quantitative estimate of drug-likeness (QED) is 0.702. The van der Waals surface area contributed by atoms with E-state index in [9.17, 15) is 9.59 Å². The number of halogens is 2. The SMILES string of the molecule is Cl.Cl.NCc1nc(C(=O)N2CCN(CC(=O)NCc3ccccc3)CC2)cs1. The summed E-state index contributed by atoms with van der Waals surface area (Å²) in [6, 6.07) is 9.83. The number of carbonyl (C=O) groups excluding carboxylic acids is 2. The second-order valence-corrected chi connectivity index (χ2v) is 7.10. The van der Waals surface area contributed by atoms with Crippen LogP contribution in [-0.4, -0.2) is 59.3 Å². The lowest BCUT2D eigenvalue weighted by atomic mass is 10.2. The number of nitrogens with zero attached hydrogens (tertiary/aromatic N) is 3. The third-order valence-corrected chi connectivity index (χ3v) is 5.18. The fourth-order valence-corrected chi connectivity index (χ4v) is 3.48. The number of nitrogens with two attached hydrogens (primary N) is 1. The van der Waals surface area contributed by atoms with Crippen molar-refractivity contribution >= 4 is 48.0 Å². The van der Waals surface area contributed by atoms with Gasteiger partial charge in [0.1, 0.15) is 10.7 Å². The van der Waals surface area contributed by atoms with Gasteiger partial charge in [-0.1, -0.05) is 30.3 Å². The van der Waals surface area contributed by atoms with Crippen molar-refractivity contribution in [3.05, 3.63) is 52.0 Å². The minimum absolute atomic E-state index is 0. The predicted molar refractivity (Wildman–Crippen MR) is 115 cm³/mol. The first kappa shape index (κ1) is 24.3. The molecule has 154 valence electrons. The van der Waals surface area contributed by atoms with E-state index in [0.717, 1.165) is 10.6 Å². The van der Waals surface area contributed by atoms with Crippen molar-refractivity contribution in [1.29, 1.82) is 0 Å². The summed E-state index contributed by atoms with van der Waals surface area (Å²) in [7, 11) is 0. The van der Waals surface area contributed by atoms with Gasteiger partial charge in [0, 0.05) is 44.6 Å². The minimum Gasteiger partial charge on any atom is -0.351 e. The lowest BCUT2D eigenvalue weighted by Crippen LogP contribution is -2.51. The number of amides is 2. The van der Waals surface area contributed by atoms with Crippen LogP contribution in [-0.2, 0) is 17.9 Å². The Hall–Kier alpha value is -1.71. The van der Waals surface area contributed by atoms with Crippen molar-refractivity contribution in [3.63, 3.8) is 0 Å². The molecule has 2 heterocycles. The second-order valence-electron chi connectivity index (χ2n) is 6.16. The lowest BCUT2D eigenvalue weighted by Gasteiger charge is -2.33. The molecule has 3 N–H and O–H groups in total. The van der Waals surface area contributed by atoms with Gasteiger partial charge in [-0.25, -0.2) is 4.98 Å². The highest BCUT2D eigenvalue weighted by molar-refractivity contribution is 7.09. The van der Waals surface area contributed by atoms with Crippen LogP contribution in [0.15, 0.2) is 35.7 Å². The molecular formula is C18H25Cl2N5O2S. The van der Waals surface area contributed by atoms with Gasteiger partial charge in [0.15, 0.2) is 0 Å². The largest absolute Gasteiger partial charge is 0.351 e. The van der Waals surface area contributed by atoms with Crippen LogP contribution in [0, 0.1) is 0 Å². The molecule has 2 amide bonds. The summed E-state index contributed by atoms with van der Waals surface area (Å²) in [4.78, 5) is 32.7. The molecule has 1 aromatic carbocycles. The maximum atomic E-state index is 12.4. The highest BCUT2D eigenvalue weighted by Crippen LogP contribution is 2.13. The first-order valence-electron chi connectivity index (χ1n) is 8.62. The number of rotatable bonds is 6. The molecule has 0 aliphatic carbocycles. The monoisotopic (exact) mass is 445 g/mol. The molecule has 3 rings (SSSR count). The van der Waals surface area contributed by atoms with E-state index in [4.69, 9.17) is 5.73 Å². The van der Waals surface area contributed by atoms with E-state index in [1.165, 1.54) is 11.3 Å². The molecule has 2 aromatic rings. The Labute approximate surface area is 181 Å². The topological polar surface area (TPSA) is 91.6 Å². The van der Waals surface area contributed by atoms with Crippen molar-refractivity contribution in [1.82, 2.24) is 20.1 Å². The number of aromatic nitrogens is 1. The first-order valence-corrected chi connectivity index (χ1v) is 9.50. The van der Waals surface area contributed by atoms with Crippen LogP contribution >= 0.6 is 36.2 Å². The summed E-state index contributed by atoms with van der Waals surface area (Å²) in [6.07, 6.45) is 0. The molecule has 0 radical (unpaired) electrons. The van der Waals surface area contributed by atoms with E-state index < -0.39 is 0 Å². The summed E-state index contributed by atoms with van der Waals surface area (Å²) < 4.78 is 0. The van der Waals surface area contributed by atoms with Crippen molar-refractivity contribution in [2.75, 3.05) is 32.7 Å². The molecule has 1 saturated heterocycles. The van der Waals surface area contributed by atoms with Crippen molar-refractivity contribution in [3.8, 4) is 0 Å². The van der Waals surface area contributed by atoms with Crippen molar-refractivity contribution in [2.45, 2.75) is 13.1 Å². The van der Waals surface area contributed by atoms with Gasteiger partial charge in [-0.15, -0.1) is 36.2 Å². The van der Waals surface area contributed by atoms with Crippen LogP contribution in [0.2, 0.25) is 0 Å². The lowest BCUT2D eigenvalue weighted by molar-refractivity contribution is -0.122. The minimum atomic E-state index is -0.0610. The number of nitrogens with one attached hydrogen (secondary N) is 1. The Morgan fingerprint density at radius 1 is 1.11 bits per heavy atom. The first-order chi connectivity index (χ1) is 12.7. The summed E-state index contributed by atoms with van der Waals surface area (Å²) in [5, 5.41) is 5.46. The fourth-order valence-electron chi connectivity index (χ4n) is 2.83. The highest BCUT2D eigenvalue weighted by atomic mass is 35.5. The van der Waals surface area contributed by atoms with Crippen LogP contribution in [0.3, 0.4) is 0 Å². The van der Waals surface area contributed by atoms with Gasteiger partial charge in [-0.05, 0) is 5.56 Å². The van der Waals surface area contributed by atoms with Crippen LogP contribution in [0.5, 0.6) is 0 Å². The summed E-state index contributed by atoms with van der Waals surface area (Å²) >= 11 is 1.41. The number of thiazole rings is 1. The maximum Gasteiger partial charge on any atom is 0.273 e. The van der Waals surface area contributed by atoms with E-state index in [1.54, 1.807) is 10.3 Å². The van der Waals surface area contributed by atoms with Crippen LogP contribution < -0.4 is 11.1 Å². The Kier molecular flexibility index (Phi) is 10.4. The van der Waals surface area contributed by atoms with Crippen LogP contribution in [0.1, 0.15) is 21.1 Å². The fraction of sp³-hybridized carbons (Fsp3) is 0.389. The molecule has 1 aromatic heterocycles. The zero-order valence-corrected chi connectivity index (χ0v) is 17.8. The van der Waals surface area contributed by atoms with Gasteiger partial charge in [0.25, 0.3) is 5.91 Å². The number of benzene rings is 1. The van der Waals surface area contributed by atoms with Gasteiger partial charge in [0.2, 0.25) is 5.91 Å². The standard InChI is InChI=1S/C18H23N5O2S.2ClH/c19-10-17-21-15(13-26-17)18(25)23-8-6-22(7-9-23)12-16(24)20-11-14-4-2-1-3-5-14;;/h1-5,13H,6-12,19H2,(H,20,24);2*1H. The molecule has 1 aliphatic heterocycles. The molecule has 1 fully saturated rings. The van der Waals surface area contributed by atoms with Crippen LogP contribution in [0.4, 0.5) is 0 Å². The third-order valence-electron chi connectivity index (χ3n) is 4.30. The molecule has 0 bridgehead atoms. The Morgan fingerprint density at radius 3 is 2.39 bits per heavy atom. The summed E-state index contributed by atoms with van der Waals surface area (Å²) in [6.45, 7) is 3.79. The molecular weight excluding hydrogens is 421 g/mol. The van der Waals surface area contributed by atoms with Gasteiger partial charge in [0.05, 0.1) is 6.54 Å². The zero-order valence-electron chi connectivity index (χ0n) is 15.4. The third kappa shape index (κ3) is 6.72. The van der Waals surface area contributed by atoms with Crippen LogP contribution in [0.25, 0.3) is 0 Å². The highest BCUT2D eigenvalue weighted by Gasteiger charge is 2.24. The van der Waals surface area contributed by atoms with Crippen molar-refractivity contribution < 1.29 is 9.59 Å². The summed E-state index contributed by atoms with van der Waals surface area (Å²) in [5.41, 5.74) is 7.09. The Balaban J connectivity index is 0.00000196. The molecule has 0 saturated carbocycles. The second kappa shape index (κ2) is 12.0. The van der Waals surface area contributed by atoms with E-state index in [-0.39, 0.29) is 36.6 Å². The smallest absolute Gasteiger partial charge is 0.273 e. The molecule has 1 aliphatic rings. The van der Waals surface area contributed by atoms with E-state index in [2.05, 4.69) is 15.2 Å². The number of carbonyl (C=O) groups is 2. The molecule has 0 atom stereocenters. The average molecular weight is 446 g/mol. The molecule has 10 heteroatoms. The van der Waals surface area contributed by atoms with Gasteiger partial charge < -0.3 is 16.0 Å². The van der Waals surface area contributed by atoms with Gasteiger partial charge in [-0.3, -0.25) is 14.5 Å². The summed E-state index contributed by atoms with van der Waals surface area (Å²) in [5.74, 6) is -0.0603. The molecule has 7 nitrogen and oxygen atoms in total. The molecule has 0 spiro atoms. The maximum absolute atomic E-state index is 12.4. The predicted octanol–water partition coefficient (Wildman–Crippen LogP) is 1.52. The Morgan fingerprint density at radius 2 is 1.79 bits per heavy atom. The zero-order chi connectivity index (χ0) is 18.4. The van der Waals surface area contributed by atoms with E-state index >= 15 is 0 Å². The van der Waals surface area contributed by atoms with E-state index in [1.807, 2.05) is 30.3 Å². The normalized spacial score (nSPS) is 14.0. The van der Waals surface area contributed by atoms with E-state index in [0.29, 0.717) is 51.5 Å². The number of piperazine rings is 1. The van der Waals surface area contributed by atoms with Gasteiger partial charge in [-0.2, -0.15) is 0 Å². The van der Waals surface area contributed by atoms with Crippen molar-refractivity contribution in [2.24, 2.45) is 5.73 Å². The van der Waals surface area contributed by atoms with Gasteiger partial charge >= 0.3 is 0 Å². The number of hydrogen-bond donors (Lipinski definition) is 2. The average Bonchev–Trinajstić information content (AvgIpc) is 3.16. The Bertz CT molecular complexity index is 751.